The van der Waals surface area contributed by atoms with Gasteiger partial charge in [0.2, 0.25) is 5.91 Å². The van der Waals surface area contributed by atoms with Crippen LogP contribution in [-0.2, 0) is 22.2 Å². The maximum atomic E-state index is 12.9. The van der Waals surface area contributed by atoms with Crippen LogP contribution in [0.25, 0.3) is 5.57 Å². The molecule has 0 saturated carbocycles. The van der Waals surface area contributed by atoms with Gasteiger partial charge >= 0.3 is 6.18 Å². The van der Waals surface area contributed by atoms with Gasteiger partial charge in [-0.1, -0.05) is 6.07 Å². The minimum Gasteiger partial charge on any atom is -0.404 e. The Bertz CT molecular complexity index is 908. The van der Waals surface area contributed by atoms with E-state index in [-0.39, 0.29) is 24.4 Å². The number of hydrogen-bond donors (Lipinski definition) is 3. The molecule has 1 heterocycles. The molecule has 1 aromatic carbocycles. The molecule has 148 valence electrons. The molecular weight excluding hydrogens is 375 g/mol. The first-order valence-electron chi connectivity index (χ1n) is 8.08. The van der Waals surface area contributed by atoms with E-state index >= 15 is 0 Å². The second kappa shape index (κ2) is 8.51. The van der Waals surface area contributed by atoms with Crippen molar-refractivity contribution in [1.82, 2.24) is 15.3 Å². The number of aromatic nitrogens is 2. The van der Waals surface area contributed by atoms with Gasteiger partial charge in [0.1, 0.15) is 0 Å². The van der Waals surface area contributed by atoms with Crippen LogP contribution >= 0.6 is 0 Å². The molecule has 0 radical (unpaired) electrons. The van der Waals surface area contributed by atoms with Crippen molar-refractivity contribution in [2.75, 3.05) is 6.54 Å². The van der Waals surface area contributed by atoms with Crippen LogP contribution in [0.4, 0.5) is 13.2 Å². The fourth-order valence-corrected chi connectivity index (χ4v) is 2.36. The predicted octanol–water partition coefficient (Wildman–Crippen LogP) is 1.30. The number of nitrogens with two attached hydrogens (primary N) is 2. The maximum absolute atomic E-state index is 12.9. The van der Waals surface area contributed by atoms with Gasteiger partial charge in [-0.3, -0.25) is 9.59 Å². The van der Waals surface area contributed by atoms with E-state index in [0.29, 0.717) is 16.7 Å². The highest BCUT2D eigenvalue weighted by Crippen LogP contribution is 2.31. The van der Waals surface area contributed by atoms with Gasteiger partial charge in [0.05, 0.1) is 17.7 Å². The first-order valence-corrected chi connectivity index (χ1v) is 8.08. The van der Waals surface area contributed by atoms with E-state index in [1.165, 1.54) is 18.5 Å². The number of halogens is 3. The topological polar surface area (TPSA) is 124 Å². The number of carbonyl (C=O) groups is 2. The summed E-state index contributed by atoms with van der Waals surface area (Å²) in [6.07, 6.45) is -0.463. The lowest BCUT2D eigenvalue weighted by Crippen LogP contribution is -2.34. The molecule has 5 N–H and O–H groups in total. The molecule has 0 aliphatic carbocycles. The summed E-state index contributed by atoms with van der Waals surface area (Å²) in [4.78, 5) is 30.8. The number of amides is 2. The summed E-state index contributed by atoms with van der Waals surface area (Å²) in [5.74, 6) is -1.39. The quantitative estimate of drug-likeness (QED) is 0.638. The van der Waals surface area contributed by atoms with Gasteiger partial charge in [0, 0.05) is 25.0 Å². The van der Waals surface area contributed by atoms with E-state index in [9.17, 15) is 22.8 Å². The molecule has 0 saturated heterocycles. The van der Waals surface area contributed by atoms with Crippen LogP contribution in [0.5, 0.6) is 0 Å². The van der Waals surface area contributed by atoms with Gasteiger partial charge in [-0.25, -0.2) is 9.97 Å². The molecule has 2 rings (SSSR count). The molecule has 2 aromatic rings. The van der Waals surface area contributed by atoms with Crippen LogP contribution in [0.3, 0.4) is 0 Å². The number of nitrogens with zero attached hydrogens (tertiary/aromatic N) is 2. The first-order chi connectivity index (χ1) is 13.1. The predicted molar refractivity (Wildman–Crippen MR) is 95.4 cm³/mol. The zero-order valence-corrected chi connectivity index (χ0v) is 14.9. The molecule has 0 bridgehead atoms. The molecule has 1 aromatic heterocycles. The van der Waals surface area contributed by atoms with E-state index in [0.717, 1.165) is 18.3 Å². The molecule has 28 heavy (non-hydrogen) atoms. The summed E-state index contributed by atoms with van der Waals surface area (Å²) >= 11 is 0. The number of benzene rings is 1. The molecule has 10 heteroatoms. The summed E-state index contributed by atoms with van der Waals surface area (Å²) in [7, 11) is 0. The third-order valence-corrected chi connectivity index (χ3v) is 3.85. The van der Waals surface area contributed by atoms with E-state index < -0.39 is 23.6 Å². The van der Waals surface area contributed by atoms with Crippen molar-refractivity contribution >= 4 is 17.4 Å². The van der Waals surface area contributed by atoms with Crippen molar-refractivity contribution in [1.29, 1.82) is 0 Å². The van der Waals surface area contributed by atoms with Crippen LogP contribution in [0, 0.1) is 6.92 Å². The Morgan fingerprint density at radius 1 is 1.21 bits per heavy atom. The van der Waals surface area contributed by atoms with Crippen LogP contribution in [0.15, 0.2) is 36.8 Å². The Hall–Kier alpha value is -3.43. The molecule has 0 fully saturated rings. The van der Waals surface area contributed by atoms with Crippen molar-refractivity contribution < 1.29 is 22.8 Å². The molecule has 7 nitrogen and oxygen atoms in total. The minimum atomic E-state index is -4.43. The SMILES string of the molecule is Cc1ccc(C(F)(F)F)cc1Cc1cnc(/C(=C\N)C(=O)NCC(N)=O)nc1. The number of rotatable bonds is 6. The fraction of sp³-hybridized carbons (Fsp3) is 0.222. The van der Waals surface area contributed by atoms with Gasteiger partial charge in [0.15, 0.2) is 5.82 Å². The van der Waals surface area contributed by atoms with E-state index in [1.807, 2.05) is 0 Å². The maximum Gasteiger partial charge on any atom is 0.416 e. The van der Waals surface area contributed by atoms with E-state index in [4.69, 9.17) is 11.5 Å². The monoisotopic (exact) mass is 393 g/mol. The van der Waals surface area contributed by atoms with Crippen LogP contribution in [0.1, 0.15) is 28.1 Å². The van der Waals surface area contributed by atoms with Crippen molar-refractivity contribution in [3.05, 3.63) is 64.9 Å². The minimum absolute atomic E-state index is 0.00832. The number of alkyl halides is 3. The van der Waals surface area contributed by atoms with Gasteiger partial charge < -0.3 is 16.8 Å². The second-order valence-electron chi connectivity index (χ2n) is 5.96. The zero-order chi connectivity index (χ0) is 20.9. The summed E-state index contributed by atoms with van der Waals surface area (Å²) in [5.41, 5.74) is 11.3. The van der Waals surface area contributed by atoms with Gasteiger partial charge in [-0.15, -0.1) is 0 Å². The first kappa shape index (κ1) is 20.9. The number of carbonyl (C=O) groups excluding carboxylic acids is 2. The zero-order valence-electron chi connectivity index (χ0n) is 14.9. The summed E-state index contributed by atoms with van der Waals surface area (Å²) in [6.45, 7) is 1.34. The van der Waals surface area contributed by atoms with Crippen LogP contribution in [-0.4, -0.2) is 28.3 Å². The van der Waals surface area contributed by atoms with Crippen molar-refractivity contribution in [3.63, 3.8) is 0 Å². The van der Waals surface area contributed by atoms with Crippen molar-refractivity contribution in [2.45, 2.75) is 19.5 Å². The van der Waals surface area contributed by atoms with Crippen molar-refractivity contribution in [2.24, 2.45) is 11.5 Å². The van der Waals surface area contributed by atoms with Gasteiger partial charge in [0.25, 0.3) is 5.91 Å². The van der Waals surface area contributed by atoms with Gasteiger partial charge in [-0.2, -0.15) is 13.2 Å². The lowest BCUT2D eigenvalue weighted by Gasteiger charge is -2.12. The standard InChI is InChI=1S/C18H18F3N5O2/c1-10-2-3-13(18(19,20)21)5-12(10)4-11-7-24-16(25-8-11)14(6-22)17(28)26-9-15(23)27/h2-3,5-8H,4,9,22H2,1H3,(H2,23,27)(H,26,28)/b14-6+. The average Bonchev–Trinajstić information content (AvgIpc) is 2.63. The fourth-order valence-electron chi connectivity index (χ4n) is 2.36. The lowest BCUT2D eigenvalue weighted by molar-refractivity contribution is -0.137. The third kappa shape index (κ3) is 5.29. The highest BCUT2D eigenvalue weighted by molar-refractivity contribution is 6.18. The van der Waals surface area contributed by atoms with Crippen LogP contribution in [0.2, 0.25) is 0 Å². The average molecular weight is 393 g/mol. The number of primary amides is 1. The van der Waals surface area contributed by atoms with E-state index in [1.54, 1.807) is 6.92 Å². The number of aryl methyl sites for hydroxylation is 1. The van der Waals surface area contributed by atoms with E-state index in [2.05, 4.69) is 15.3 Å². The largest absolute Gasteiger partial charge is 0.416 e. The highest BCUT2D eigenvalue weighted by atomic mass is 19.4. The summed E-state index contributed by atoms with van der Waals surface area (Å²) < 4.78 is 38.7. The highest BCUT2D eigenvalue weighted by Gasteiger charge is 2.30. The van der Waals surface area contributed by atoms with Gasteiger partial charge in [-0.05, 0) is 35.7 Å². The molecule has 0 aliphatic heterocycles. The van der Waals surface area contributed by atoms with Crippen molar-refractivity contribution in [3.8, 4) is 0 Å². The Labute approximate surface area is 158 Å². The number of nitrogens with one attached hydrogen (secondary N) is 1. The Morgan fingerprint density at radius 3 is 2.39 bits per heavy atom. The Morgan fingerprint density at radius 2 is 1.86 bits per heavy atom. The Kier molecular flexibility index (Phi) is 6.34. The smallest absolute Gasteiger partial charge is 0.404 e. The summed E-state index contributed by atoms with van der Waals surface area (Å²) in [6, 6.07) is 3.53. The third-order valence-electron chi connectivity index (χ3n) is 3.85. The second-order valence-corrected chi connectivity index (χ2v) is 5.96. The number of hydrogen-bond acceptors (Lipinski definition) is 5. The Balaban J connectivity index is 2.19. The molecule has 0 spiro atoms. The molecule has 0 atom stereocenters. The normalized spacial score (nSPS) is 11.9. The summed E-state index contributed by atoms with van der Waals surface area (Å²) in [5, 5.41) is 2.27. The molecule has 2 amide bonds. The lowest BCUT2D eigenvalue weighted by atomic mass is 9.99. The van der Waals surface area contributed by atoms with Crippen LogP contribution < -0.4 is 16.8 Å². The molecule has 0 unspecified atom stereocenters. The molecule has 0 aliphatic rings. The molecular formula is C18H18F3N5O2.